The van der Waals surface area contributed by atoms with E-state index in [0.29, 0.717) is 17.2 Å². The van der Waals surface area contributed by atoms with Crippen LogP contribution in [0, 0.1) is 6.92 Å². The number of nitrogens with zero attached hydrogens (tertiary/aromatic N) is 5. The van der Waals surface area contributed by atoms with Gasteiger partial charge in [0, 0.05) is 36.1 Å². The molecule has 0 aliphatic carbocycles. The second kappa shape index (κ2) is 6.17. The molecule has 0 fully saturated rings. The van der Waals surface area contributed by atoms with Crippen LogP contribution < -0.4 is 5.56 Å². The van der Waals surface area contributed by atoms with Gasteiger partial charge in [-0.3, -0.25) is 18.7 Å². The fourth-order valence-electron chi connectivity index (χ4n) is 2.40. The number of aryl methyl sites for hydroxylation is 1. The first-order chi connectivity index (χ1) is 11.0. The van der Waals surface area contributed by atoms with Gasteiger partial charge in [-0.2, -0.15) is 8.78 Å². The van der Waals surface area contributed by atoms with E-state index in [4.69, 9.17) is 0 Å². The van der Waals surface area contributed by atoms with Gasteiger partial charge in [0.15, 0.2) is 4.96 Å². The van der Waals surface area contributed by atoms with E-state index in [9.17, 15) is 13.6 Å². The van der Waals surface area contributed by atoms with E-state index in [1.807, 2.05) is 12.3 Å². The Morgan fingerprint density at radius 1 is 1.39 bits per heavy atom. The maximum Gasteiger partial charge on any atom is 0.319 e. The minimum absolute atomic E-state index is 0.133. The van der Waals surface area contributed by atoms with Crippen LogP contribution in [-0.4, -0.2) is 30.9 Å². The van der Waals surface area contributed by atoms with Crippen molar-refractivity contribution in [2.45, 2.75) is 26.6 Å². The molecule has 0 amide bonds. The summed E-state index contributed by atoms with van der Waals surface area (Å²) in [7, 11) is 1.77. The average molecular weight is 339 g/mol. The number of hydrogen-bond donors (Lipinski definition) is 0. The van der Waals surface area contributed by atoms with E-state index >= 15 is 0 Å². The molecule has 0 aromatic carbocycles. The van der Waals surface area contributed by atoms with Crippen molar-refractivity contribution in [3.8, 4) is 0 Å². The van der Waals surface area contributed by atoms with Crippen LogP contribution in [0.25, 0.3) is 4.96 Å². The predicted molar refractivity (Wildman–Crippen MR) is 82.7 cm³/mol. The minimum atomic E-state index is -2.62. The van der Waals surface area contributed by atoms with Crippen LogP contribution >= 0.6 is 11.3 Å². The van der Waals surface area contributed by atoms with Gasteiger partial charge in [-0.15, -0.1) is 11.3 Å². The normalized spacial score (nSPS) is 11.9. The van der Waals surface area contributed by atoms with Crippen LogP contribution in [0.3, 0.4) is 0 Å². The highest BCUT2D eigenvalue weighted by Crippen LogP contribution is 2.15. The van der Waals surface area contributed by atoms with Crippen molar-refractivity contribution in [2.24, 2.45) is 0 Å². The fourth-order valence-corrected chi connectivity index (χ4v) is 3.29. The van der Waals surface area contributed by atoms with Crippen molar-refractivity contribution in [1.29, 1.82) is 0 Å². The smallest absolute Gasteiger partial charge is 0.293 e. The Bertz CT molecular complexity index is 885. The quantitative estimate of drug-likeness (QED) is 0.716. The van der Waals surface area contributed by atoms with E-state index < -0.39 is 6.55 Å². The minimum Gasteiger partial charge on any atom is -0.293 e. The van der Waals surface area contributed by atoms with Gasteiger partial charge in [0.25, 0.3) is 5.56 Å². The average Bonchev–Trinajstić information content (AvgIpc) is 3.06. The third-order valence-corrected chi connectivity index (χ3v) is 4.37. The third kappa shape index (κ3) is 3.15. The van der Waals surface area contributed by atoms with Crippen LogP contribution in [0.5, 0.6) is 0 Å². The molecule has 23 heavy (non-hydrogen) atoms. The molecule has 3 rings (SSSR count). The van der Waals surface area contributed by atoms with Gasteiger partial charge in [-0.1, -0.05) is 0 Å². The zero-order chi connectivity index (χ0) is 16.6. The second-order valence-electron chi connectivity index (χ2n) is 5.28. The molecule has 0 aliphatic rings. The van der Waals surface area contributed by atoms with E-state index in [1.54, 1.807) is 16.3 Å². The number of rotatable bonds is 5. The molecule has 0 unspecified atom stereocenters. The monoisotopic (exact) mass is 339 g/mol. The van der Waals surface area contributed by atoms with Gasteiger partial charge >= 0.3 is 6.55 Å². The summed E-state index contributed by atoms with van der Waals surface area (Å²) in [5, 5.41) is 1.87. The summed E-state index contributed by atoms with van der Waals surface area (Å²) >= 11 is 1.40. The molecule has 0 bridgehead atoms. The Kier molecular flexibility index (Phi) is 4.22. The third-order valence-electron chi connectivity index (χ3n) is 3.43. The van der Waals surface area contributed by atoms with Crippen molar-refractivity contribution < 1.29 is 8.78 Å². The molecule has 0 saturated heterocycles. The Morgan fingerprint density at radius 2 is 2.17 bits per heavy atom. The number of aromatic nitrogens is 4. The first-order valence-corrected chi connectivity index (χ1v) is 7.79. The number of hydrogen-bond acceptors (Lipinski definition) is 5. The topological polar surface area (TPSA) is 55.4 Å². The van der Waals surface area contributed by atoms with E-state index in [1.165, 1.54) is 29.8 Å². The molecule has 3 heterocycles. The highest BCUT2D eigenvalue weighted by atomic mass is 32.1. The van der Waals surface area contributed by atoms with Crippen molar-refractivity contribution >= 4 is 16.3 Å². The van der Waals surface area contributed by atoms with Gasteiger partial charge in [-0.05, 0) is 14.0 Å². The van der Waals surface area contributed by atoms with Gasteiger partial charge in [0.05, 0.1) is 12.2 Å². The maximum atomic E-state index is 12.8. The molecule has 3 aromatic rings. The highest BCUT2D eigenvalue weighted by Gasteiger charge is 2.14. The molecule has 0 saturated carbocycles. The van der Waals surface area contributed by atoms with Crippen molar-refractivity contribution in [3.05, 3.63) is 51.4 Å². The summed E-state index contributed by atoms with van der Waals surface area (Å²) in [6.07, 6.45) is 2.60. The molecule has 0 spiro atoms. The molecule has 0 atom stereocenters. The van der Waals surface area contributed by atoms with Crippen molar-refractivity contribution in [3.63, 3.8) is 0 Å². The number of thiazole rings is 1. The standard InChI is InChI=1S/C14H15F2N5OS/c1-9-8-23-14-18-10(5-12(22)21(9)14)6-19(2)7-11-17-3-4-20(11)13(15)16/h3-5,8,13H,6-7H2,1-2H3. The van der Waals surface area contributed by atoms with E-state index in [0.717, 1.165) is 10.3 Å². The van der Waals surface area contributed by atoms with E-state index in [2.05, 4.69) is 9.97 Å². The first-order valence-electron chi connectivity index (χ1n) is 6.91. The SMILES string of the molecule is Cc1csc2nc(CN(C)Cc3nccn3C(F)F)cc(=O)n12. The molecular weight excluding hydrogens is 324 g/mol. The fraction of sp³-hybridized carbons (Fsp3) is 0.357. The number of imidazole rings is 1. The number of halogens is 2. The Morgan fingerprint density at radius 3 is 2.91 bits per heavy atom. The van der Waals surface area contributed by atoms with Crippen LogP contribution in [0.15, 0.2) is 28.6 Å². The molecule has 122 valence electrons. The largest absolute Gasteiger partial charge is 0.319 e. The summed E-state index contributed by atoms with van der Waals surface area (Å²) in [6.45, 7) is -0.155. The molecule has 0 radical (unpaired) electrons. The van der Waals surface area contributed by atoms with Crippen LogP contribution in [0.4, 0.5) is 8.78 Å². The lowest BCUT2D eigenvalue weighted by Crippen LogP contribution is -2.23. The van der Waals surface area contributed by atoms with Gasteiger partial charge in [0.2, 0.25) is 0 Å². The highest BCUT2D eigenvalue weighted by molar-refractivity contribution is 7.15. The van der Waals surface area contributed by atoms with E-state index in [-0.39, 0.29) is 17.9 Å². The van der Waals surface area contributed by atoms with Crippen molar-refractivity contribution in [1.82, 2.24) is 23.8 Å². The molecular formula is C14H15F2N5OS. The van der Waals surface area contributed by atoms with Crippen LogP contribution in [0.2, 0.25) is 0 Å². The molecule has 3 aromatic heterocycles. The molecule has 0 aliphatic heterocycles. The molecule has 9 heteroatoms. The summed E-state index contributed by atoms with van der Waals surface area (Å²) in [6, 6.07) is 1.48. The first kappa shape index (κ1) is 15.8. The van der Waals surface area contributed by atoms with Gasteiger partial charge in [-0.25, -0.2) is 9.97 Å². The number of alkyl halides is 2. The van der Waals surface area contributed by atoms with Gasteiger partial charge < -0.3 is 0 Å². The van der Waals surface area contributed by atoms with Crippen LogP contribution in [0.1, 0.15) is 23.8 Å². The zero-order valence-corrected chi connectivity index (χ0v) is 13.4. The molecule has 0 N–H and O–H groups in total. The summed E-state index contributed by atoms with van der Waals surface area (Å²) in [5.74, 6) is 0.271. The second-order valence-corrected chi connectivity index (χ2v) is 6.12. The lowest BCUT2D eigenvalue weighted by atomic mass is 10.3. The Labute approximate surface area is 134 Å². The molecule has 6 nitrogen and oxygen atoms in total. The van der Waals surface area contributed by atoms with Crippen molar-refractivity contribution in [2.75, 3.05) is 7.05 Å². The lowest BCUT2D eigenvalue weighted by molar-refractivity contribution is 0.0644. The Balaban J connectivity index is 1.79. The lowest BCUT2D eigenvalue weighted by Gasteiger charge is -2.16. The Hall–Kier alpha value is -2.13. The van der Waals surface area contributed by atoms with Gasteiger partial charge in [0.1, 0.15) is 5.82 Å². The number of fused-ring (bicyclic) bond motifs is 1. The maximum absolute atomic E-state index is 12.8. The summed E-state index contributed by atoms with van der Waals surface area (Å²) < 4.78 is 28.0. The van der Waals surface area contributed by atoms with Crippen LogP contribution in [-0.2, 0) is 13.1 Å². The predicted octanol–water partition coefficient (Wildman–Crippen LogP) is 2.29. The summed E-state index contributed by atoms with van der Waals surface area (Å²) in [4.78, 5) is 22.9. The summed E-state index contributed by atoms with van der Waals surface area (Å²) in [5.41, 5.74) is 1.32. The zero-order valence-electron chi connectivity index (χ0n) is 12.6.